The van der Waals surface area contributed by atoms with Crippen LogP contribution in [0.1, 0.15) is 24.1 Å². The Morgan fingerprint density at radius 2 is 1.70 bits per heavy atom. The predicted molar refractivity (Wildman–Crippen MR) is 84.0 cm³/mol. The first kappa shape index (κ1) is 15.0. The molecule has 0 heterocycles. The highest BCUT2D eigenvalue weighted by atomic mass is 35.5. The van der Waals surface area contributed by atoms with Gasteiger partial charge in [0.1, 0.15) is 0 Å². The molecule has 0 saturated carbocycles. The summed E-state index contributed by atoms with van der Waals surface area (Å²) in [7, 11) is 0. The van der Waals surface area contributed by atoms with E-state index in [0.717, 1.165) is 17.0 Å². The average Bonchev–Trinajstić information content (AvgIpc) is 2.48. The molecule has 0 aromatic heterocycles. The Kier molecular flexibility index (Phi) is 5.60. The maximum atomic E-state index is 9.55. The zero-order valence-electron chi connectivity index (χ0n) is 11.6. The topological polar surface area (TPSA) is 32.3 Å². The average molecular weight is 290 g/mol. The lowest BCUT2D eigenvalue weighted by atomic mass is 10.0. The standard InChI is InChI=1S/C17H20ClNO/c1-13(11-14-7-9-16(18)10-8-14)19-17(12-20)15-5-3-2-4-6-15/h2-10,13,17,19-20H,11-12H2,1H3/t13?,17-/m0/s1. The number of halogens is 1. The highest BCUT2D eigenvalue weighted by molar-refractivity contribution is 6.30. The normalized spacial score (nSPS) is 13.9. The van der Waals surface area contributed by atoms with Crippen LogP contribution in [0.5, 0.6) is 0 Å². The fourth-order valence-electron chi connectivity index (χ4n) is 2.32. The van der Waals surface area contributed by atoms with Gasteiger partial charge in [-0.05, 0) is 36.6 Å². The number of hydrogen-bond donors (Lipinski definition) is 2. The third-order valence-electron chi connectivity index (χ3n) is 3.33. The number of benzene rings is 2. The molecule has 2 aromatic carbocycles. The molecule has 20 heavy (non-hydrogen) atoms. The van der Waals surface area contributed by atoms with Crippen LogP contribution in [0, 0.1) is 0 Å². The molecule has 0 aliphatic carbocycles. The summed E-state index contributed by atoms with van der Waals surface area (Å²) in [5, 5.41) is 13.8. The van der Waals surface area contributed by atoms with E-state index in [4.69, 9.17) is 11.6 Å². The summed E-state index contributed by atoms with van der Waals surface area (Å²) in [4.78, 5) is 0. The molecule has 0 fully saturated rings. The Hall–Kier alpha value is -1.35. The molecule has 2 aromatic rings. The van der Waals surface area contributed by atoms with E-state index in [9.17, 15) is 5.11 Å². The second-order valence-corrected chi connectivity index (χ2v) is 5.48. The highest BCUT2D eigenvalue weighted by Gasteiger charge is 2.13. The van der Waals surface area contributed by atoms with Crippen LogP contribution in [-0.4, -0.2) is 17.8 Å². The third kappa shape index (κ3) is 4.34. The van der Waals surface area contributed by atoms with Crippen LogP contribution in [-0.2, 0) is 6.42 Å². The van der Waals surface area contributed by atoms with Crippen molar-refractivity contribution in [2.24, 2.45) is 0 Å². The van der Waals surface area contributed by atoms with Gasteiger partial charge in [-0.3, -0.25) is 0 Å². The number of aliphatic hydroxyl groups excluding tert-OH is 1. The first-order valence-electron chi connectivity index (χ1n) is 6.85. The second-order valence-electron chi connectivity index (χ2n) is 5.04. The molecule has 0 amide bonds. The molecule has 106 valence electrons. The predicted octanol–water partition coefficient (Wildman–Crippen LogP) is 3.59. The summed E-state index contributed by atoms with van der Waals surface area (Å²) in [5.74, 6) is 0. The Morgan fingerprint density at radius 1 is 1.05 bits per heavy atom. The first-order chi connectivity index (χ1) is 9.69. The van der Waals surface area contributed by atoms with Crippen LogP contribution in [0.15, 0.2) is 54.6 Å². The Bertz CT molecular complexity index is 512. The highest BCUT2D eigenvalue weighted by Crippen LogP contribution is 2.15. The molecule has 2 nitrogen and oxygen atoms in total. The molecule has 0 aliphatic rings. The molecule has 2 N–H and O–H groups in total. The van der Waals surface area contributed by atoms with Gasteiger partial charge in [0, 0.05) is 11.1 Å². The van der Waals surface area contributed by atoms with E-state index >= 15 is 0 Å². The maximum Gasteiger partial charge on any atom is 0.0626 e. The van der Waals surface area contributed by atoms with Crippen molar-refractivity contribution in [2.75, 3.05) is 6.61 Å². The quantitative estimate of drug-likeness (QED) is 0.852. The van der Waals surface area contributed by atoms with Gasteiger partial charge in [-0.2, -0.15) is 0 Å². The lowest BCUT2D eigenvalue weighted by Gasteiger charge is -2.22. The van der Waals surface area contributed by atoms with E-state index in [-0.39, 0.29) is 18.7 Å². The van der Waals surface area contributed by atoms with Gasteiger partial charge in [-0.25, -0.2) is 0 Å². The van der Waals surface area contributed by atoms with Crippen LogP contribution in [0.2, 0.25) is 5.02 Å². The summed E-state index contributed by atoms with van der Waals surface area (Å²) >= 11 is 5.89. The Labute approximate surface area is 125 Å². The molecular weight excluding hydrogens is 270 g/mol. The first-order valence-corrected chi connectivity index (χ1v) is 7.23. The molecule has 2 rings (SSSR count). The molecule has 0 aliphatic heterocycles. The van der Waals surface area contributed by atoms with Crippen LogP contribution in [0.3, 0.4) is 0 Å². The van der Waals surface area contributed by atoms with E-state index in [0.29, 0.717) is 0 Å². The second kappa shape index (κ2) is 7.44. The van der Waals surface area contributed by atoms with Crippen molar-refractivity contribution in [1.82, 2.24) is 5.32 Å². The molecule has 0 radical (unpaired) electrons. The number of nitrogens with one attached hydrogen (secondary N) is 1. The van der Waals surface area contributed by atoms with Crippen molar-refractivity contribution in [3.63, 3.8) is 0 Å². The fourth-order valence-corrected chi connectivity index (χ4v) is 2.44. The summed E-state index contributed by atoms with van der Waals surface area (Å²) in [6, 6.07) is 18.2. The van der Waals surface area contributed by atoms with Gasteiger partial charge >= 0.3 is 0 Å². The van der Waals surface area contributed by atoms with Gasteiger partial charge in [0.15, 0.2) is 0 Å². The molecular formula is C17H20ClNO. The summed E-state index contributed by atoms with van der Waals surface area (Å²) in [6.45, 7) is 2.22. The lowest BCUT2D eigenvalue weighted by Crippen LogP contribution is -2.34. The van der Waals surface area contributed by atoms with Crippen LogP contribution < -0.4 is 5.32 Å². The van der Waals surface area contributed by atoms with Crippen LogP contribution in [0.4, 0.5) is 0 Å². The molecule has 2 atom stereocenters. The van der Waals surface area contributed by atoms with Crippen molar-refractivity contribution < 1.29 is 5.11 Å². The molecule has 1 unspecified atom stereocenters. The fraction of sp³-hybridized carbons (Fsp3) is 0.294. The largest absolute Gasteiger partial charge is 0.394 e. The third-order valence-corrected chi connectivity index (χ3v) is 3.58. The van der Waals surface area contributed by atoms with Gasteiger partial charge in [-0.1, -0.05) is 54.1 Å². The van der Waals surface area contributed by atoms with Crippen molar-refractivity contribution in [3.05, 3.63) is 70.7 Å². The van der Waals surface area contributed by atoms with E-state index < -0.39 is 0 Å². The number of rotatable bonds is 6. The minimum Gasteiger partial charge on any atom is -0.394 e. The number of hydrogen-bond acceptors (Lipinski definition) is 2. The van der Waals surface area contributed by atoms with Gasteiger partial charge in [0.2, 0.25) is 0 Å². The lowest BCUT2D eigenvalue weighted by molar-refractivity contribution is 0.235. The zero-order chi connectivity index (χ0) is 14.4. The van der Waals surface area contributed by atoms with Crippen molar-refractivity contribution in [3.8, 4) is 0 Å². The molecule has 0 bridgehead atoms. The van der Waals surface area contributed by atoms with Gasteiger partial charge in [-0.15, -0.1) is 0 Å². The summed E-state index contributed by atoms with van der Waals surface area (Å²) in [5.41, 5.74) is 2.34. The minimum atomic E-state index is -0.0292. The molecule has 3 heteroatoms. The summed E-state index contributed by atoms with van der Waals surface area (Å²) < 4.78 is 0. The summed E-state index contributed by atoms with van der Waals surface area (Å²) in [6.07, 6.45) is 0.903. The minimum absolute atomic E-state index is 0.0292. The monoisotopic (exact) mass is 289 g/mol. The van der Waals surface area contributed by atoms with Crippen LogP contribution in [0.25, 0.3) is 0 Å². The van der Waals surface area contributed by atoms with E-state index in [1.54, 1.807) is 0 Å². The molecule has 0 spiro atoms. The van der Waals surface area contributed by atoms with Gasteiger partial charge in [0.25, 0.3) is 0 Å². The van der Waals surface area contributed by atoms with Crippen molar-refractivity contribution in [2.45, 2.75) is 25.4 Å². The SMILES string of the molecule is CC(Cc1ccc(Cl)cc1)N[C@@H](CO)c1ccccc1. The van der Waals surface area contributed by atoms with Gasteiger partial charge < -0.3 is 10.4 Å². The maximum absolute atomic E-state index is 9.55. The Balaban J connectivity index is 1.95. The van der Waals surface area contributed by atoms with Crippen molar-refractivity contribution >= 4 is 11.6 Å². The van der Waals surface area contributed by atoms with E-state index in [2.05, 4.69) is 12.2 Å². The van der Waals surface area contributed by atoms with E-state index in [1.807, 2.05) is 54.6 Å². The van der Waals surface area contributed by atoms with Gasteiger partial charge in [0.05, 0.1) is 12.6 Å². The number of aliphatic hydroxyl groups is 1. The Morgan fingerprint density at radius 3 is 2.30 bits per heavy atom. The van der Waals surface area contributed by atoms with Crippen LogP contribution >= 0.6 is 11.6 Å². The molecule has 0 saturated heterocycles. The zero-order valence-corrected chi connectivity index (χ0v) is 12.3. The van der Waals surface area contributed by atoms with Crippen molar-refractivity contribution in [1.29, 1.82) is 0 Å². The van der Waals surface area contributed by atoms with E-state index in [1.165, 1.54) is 5.56 Å². The smallest absolute Gasteiger partial charge is 0.0626 e.